The summed E-state index contributed by atoms with van der Waals surface area (Å²) in [4.78, 5) is 2.20. The van der Waals surface area contributed by atoms with E-state index in [9.17, 15) is 5.11 Å². The van der Waals surface area contributed by atoms with Crippen molar-refractivity contribution in [2.24, 2.45) is 0 Å². The molecule has 0 saturated carbocycles. The van der Waals surface area contributed by atoms with Crippen LogP contribution in [0.15, 0.2) is 24.3 Å². The lowest BCUT2D eigenvalue weighted by Gasteiger charge is -2.25. The molecule has 4 heteroatoms. The van der Waals surface area contributed by atoms with Gasteiger partial charge in [0.25, 0.3) is 0 Å². The molecule has 0 bridgehead atoms. The molecule has 2 N–H and O–H groups in total. The van der Waals surface area contributed by atoms with Gasteiger partial charge in [-0.2, -0.15) is 0 Å². The highest BCUT2D eigenvalue weighted by Gasteiger charge is 2.19. The van der Waals surface area contributed by atoms with Crippen LogP contribution in [0.2, 0.25) is 0 Å². The van der Waals surface area contributed by atoms with Crippen LogP contribution in [0.4, 0.5) is 5.69 Å². The summed E-state index contributed by atoms with van der Waals surface area (Å²) in [5, 5.41) is 13.1. The monoisotopic (exact) mass is 236 g/mol. The van der Waals surface area contributed by atoms with Crippen molar-refractivity contribution < 1.29 is 9.84 Å². The number of methoxy groups -OCH3 is 1. The zero-order valence-corrected chi connectivity index (χ0v) is 10.4. The molecule has 17 heavy (non-hydrogen) atoms. The summed E-state index contributed by atoms with van der Waals surface area (Å²) in [6.07, 6.45) is -0.318. The van der Waals surface area contributed by atoms with Crippen molar-refractivity contribution in [2.75, 3.05) is 31.6 Å². The van der Waals surface area contributed by atoms with E-state index < -0.39 is 0 Å². The highest BCUT2D eigenvalue weighted by atomic mass is 16.5. The van der Waals surface area contributed by atoms with Gasteiger partial charge in [0.05, 0.1) is 13.2 Å². The number of aliphatic hydroxyl groups is 1. The van der Waals surface area contributed by atoms with Crippen LogP contribution < -0.4 is 15.0 Å². The fraction of sp³-hybridized carbons (Fsp3) is 0.538. The van der Waals surface area contributed by atoms with Gasteiger partial charge in [-0.15, -0.1) is 0 Å². The van der Waals surface area contributed by atoms with E-state index in [1.54, 1.807) is 7.11 Å². The van der Waals surface area contributed by atoms with E-state index in [0.29, 0.717) is 19.1 Å². The topological polar surface area (TPSA) is 44.7 Å². The third-order valence-corrected chi connectivity index (χ3v) is 3.06. The number of hydrogen-bond acceptors (Lipinski definition) is 4. The summed E-state index contributed by atoms with van der Waals surface area (Å²) in [5.74, 6) is 0.857. The fourth-order valence-corrected chi connectivity index (χ4v) is 2.13. The Morgan fingerprint density at radius 2 is 2.00 bits per heavy atom. The molecule has 2 atom stereocenters. The van der Waals surface area contributed by atoms with Crippen LogP contribution in [-0.4, -0.2) is 44.0 Å². The number of ether oxygens (including phenoxy) is 1. The lowest BCUT2D eigenvalue weighted by molar-refractivity contribution is 0.183. The largest absolute Gasteiger partial charge is 0.497 e. The quantitative estimate of drug-likeness (QED) is 0.799. The normalized spacial score (nSPS) is 25.5. The lowest BCUT2D eigenvalue weighted by atomic mass is 10.2. The third-order valence-electron chi connectivity index (χ3n) is 3.06. The first-order chi connectivity index (χ1) is 8.19. The molecule has 1 aromatic rings. The van der Waals surface area contributed by atoms with Crippen LogP contribution in [0.25, 0.3) is 0 Å². The van der Waals surface area contributed by atoms with E-state index >= 15 is 0 Å². The minimum atomic E-state index is -0.318. The Morgan fingerprint density at radius 3 is 2.65 bits per heavy atom. The molecular formula is C13H20N2O2. The van der Waals surface area contributed by atoms with Crippen molar-refractivity contribution >= 4 is 5.69 Å². The molecule has 1 aliphatic rings. The lowest BCUT2D eigenvalue weighted by Crippen LogP contribution is -2.35. The highest BCUT2D eigenvalue weighted by Crippen LogP contribution is 2.20. The Morgan fingerprint density at radius 1 is 1.29 bits per heavy atom. The first kappa shape index (κ1) is 12.2. The number of nitrogens with one attached hydrogen (secondary N) is 1. The Balaban J connectivity index is 2.12. The van der Waals surface area contributed by atoms with Gasteiger partial charge < -0.3 is 20.1 Å². The molecule has 0 amide bonds. The second-order valence-electron chi connectivity index (χ2n) is 4.57. The number of β-amino-alcohol motifs (C(OH)–C–C–N with tert-alkyl or cyclic N) is 1. The molecule has 94 valence electrons. The van der Waals surface area contributed by atoms with Crippen molar-refractivity contribution in [3.63, 3.8) is 0 Å². The Bertz CT molecular complexity index is 341. The fourth-order valence-electron chi connectivity index (χ4n) is 2.13. The molecule has 0 spiro atoms. The molecule has 0 aromatic heterocycles. The van der Waals surface area contributed by atoms with Crippen LogP contribution >= 0.6 is 0 Å². The van der Waals surface area contributed by atoms with Gasteiger partial charge in [-0.05, 0) is 31.2 Å². The van der Waals surface area contributed by atoms with Crippen molar-refractivity contribution in [2.45, 2.75) is 19.1 Å². The average molecular weight is 236 g/mol. The Labute approximate surface area is 102 Å². The molecule has 0 aliphatic carbocycles. The molecule has 1 aromatic carbocycles. The van der Waals surface area contributed by atoms with E-state index in [1.165, 1.54) is 0 Å². The van der Waals surface area contributed by atoms with Crippen LogP contribution in [0.5, 0.6) is 5.75 Å². The molecule has 1 saturated heterocycles. The van der Waals surface area contributed by atoms with Crippen LogP contribution in [-0.2, 0) is 0 Å². The van der Waals surface area contributed by atoms with Gasteiger partial charge in [0.1, 0.15) is 5.75 Å². The third kappa shape index (κ3) is 3.11. The smallest absolute Gasteiger partial charge is 0.119 e. The van der Waals surface area contributed by atoms with E-state index in [1.807, 2.05) is 24.3 Å². The number of benzene rings is 1. The first-order valence-corrected chi connectivity index (χ1v) is 5.99. The van der Waals surface area contributed by atoms with Gasteiger partial charge in [0, 0.05) is 31.4 Å². The number of hydrogen-bond donors (Lipinski definition) is 2. The van der Waals surface area contributed by atoms with Crippen molar-refractivity contribution in [1.29, 1.82) is 0 Å². The number of rotatable bonds is 2. The zero-order chi connectivity index (χ0) is 12.3. The maximum atomic E-state index is 9.81. The molecule has 1 heterocycles. The van der Waals surface area contributed by atoms with Crippen molar-refractivity contribution in [3.8, 4) is 5.75 Å². The minimum absolute atomic E-state index is 0.318. The maximum Gasteiger partial charge on any atom is 0.119 e. The summed E-state index contributed by atoms with van der Waals surface area (Å²) >= 11 is 0. The Kier molecular flexibility index (Phi) is 3.86. The molecule has 1 fully saturated rings. The van der Waals surface area contributed by atoms with Gasteiger partial charge in [-0.25, -0.2) is 0 Å². The molecule has 0 radical (unpaired) electrons. The van der Waals surface area contributed by atoms with E-state index in [2.05, 4.69) is 17.1 Å². The summed E-state index contributed by atoms with van der Waals surface area (Å²) in [7, 11) is 1.66. The molecule has 1 aliphatic heterocycles. The number of anilines is 1. The number of aliphatic hydroxyl groups excluding tert-OH is 1. The van der Waals surface area contributed by atoms with Crippen LogP contribution in [0, 0.1) is 0 Å². The highest BCUT2D eigenvalue weighted by molar-refractivity contribution is 5.49. The molecule has 2 unspecified atom stereocenters. The van der Waals surface area contributed by atoms with Crippen molar-refractivity contribution in [3.05, 3.63) is 24.3 Å². The van der Waals surface area contributed by atoms with Gasteiger partial charge in [-0.1, -0.05) is 0 Å². The molecule has 2 rings (SSSR count). The predicted molar refractivity (Wildman–Crippen MR) is 68.7 cm³/mol. The molecular weight excluding hydrogens is 216 g/mol. The Hall–Kier alpha value is -1.26. The van der Waals surface area contributed by atoms with Gasteiger partial charge >= 0.3 is 0 Å². The van der Waals surface area contributed by atoms with Gasteiger partial charge in [-0.3, -0.25) is 0 Å². The van der Waals surface area contributed by atoms with E-state index in [-0.39, 0.29) is 6.10 Å². The van der Waals surface area contributed by atoms with E-state index in [4.69, 9.17) is 4.74 Å². The van der Waals surface area contributed by atoms with Crippen molar-refractivity contribution in [1.82, 2.24) is 5.32 Å². The average Bonchev–Trinajstić information content (AvgIpc) is 2.51. The van der Waals surface area contributed by atoms with Gasteiger partial charge in [0.15, 0.2) is 0 Å². The zero-order valence-electron chi connectivity index (χ0n) is 10.4. The second kappa shape index (κ2) is 5.38. The van der Waals surface area contributed by atoms with Crippen LogP contribution in [0.3, 0.4) is 0 Å². The summed E-state index contributed by atoms with van der Waals surface area (Å²) < 4.78 is 5.14. The first-order valence-electron chi connectivity index (χ1n) is 5.99. The summed E-state index contributed by atoms with van der Waals surface area (Å²) in [6, 6.07) is 8.34. The van der Waals surface area contributed by atoms with Crippen LogP contribution in [0.1, 0.15) is 6.92 Å². The van der Waals surface area contributed by atoms with E-state index in [0.717, 1.165) is 18.0 Å². The number of nitrogens with zero attached hydrogens (tertiary/aromatic N) is 1. The standard InChI is InChI=1S/C13H20N2O2/c1-10-8-15(9-12(16)7-14-10)11-3-5-13(17-2)6-4-11/h3-6,10,12,14,16H,7-9H2,1-2H3. The SMILES string of the molecule is COc1ccc(N2CC(O)CNC(C)C2)cc1. The predicted octanol–water partition coefficient (Wildman–Crippen LogP) is 0.854. The second-order valence-corrected chi connectivity index (χ2v) is 4.57. The molecule has 4 nitrogen and oxygen atoms in total. The maximum absolute atomic E-state index is 9.81. The summed E-state index contributed by atoms with van der Waals surface area (Å²) in [6.45, 7) is 4.37. The summed E-state index contributed by atoms with van der Waals surface area (Å²) in [5.41, 5.74) is 1.13. The minimum Gasteiger partial charge on any atom is -0.497 e. The van der Waals surface area contributed by atoms with Gasteiger partial charge in [0.2, 0.25) is 0 Å².